The van der Waals surface area contributed by atoms with E-state index in [0.29, 0.717) is 5.82 Å². The molecule has 4 nitrogen and oxygen atoms in total. The second-order valence-electron chi connectivity index (χ2n) is 4.07. The molecule has 2 aromatic heterocycles. The van der Waals surface area contributed by atoms with Gasteiger partial charge in [0.2, 0.25) is 0 Å². The van der Waals surface area contributed by atoms with Gasteiger partial charge in [0.15, 0.2) is 0 Å². The molecule has 5 heteroatoms. The fourth-order valence-corrected chi connectivity index (χ4v) is 2.48. The Morgan fingerprint density at radius 1 is 1.50 bits per heavy atom. The summed E-state index contributed by atoms with van der Waals surface area (Å²) in [6.07, 6.45) is 2.29. The quantitative estimate of drug-likeness (QED) is 0.869. The lowest BCUT2D eigenvalue weighted by Gasteiger charge is -2.13. The maximum absolute atomic E-state index is 10.7. The number of hydrogen-bond acceptors (Lipinski definition) is 4. The minimum Gasteiger partial charge on any atom is -0.478 e. The lowest BCUT2D eigenvalue weighted by atomic mass is 10.2. The van der Waals surface area contributed by atoms with Gasteiger partial charge in [-0.05, 0) is 30.5 Å². The lowest BCUT2D eigenvalue weighted by Crippen LogP contribution is -2.18. The number of carbonyl (C=O) groups is 1. The summed E-state index contributed by atoms with van der Waals surface area (Å²) in [6.45, 7) is 2.08. The van der Waals surface area contributed by atoms with Crippen molar-refractivity contribution >= 4 is 23.1 Å². The Bertz CT molecular complexity index is 508. The summed E-state index contributed by atoms with van der Waals surface area (Å²) in [5.74, 6) is -0.259. The highest BCUT2D eigenvalue weighted by Crippen LogP contribution is 2.13. The monoisotopic (exact) mass is 262 g/mol. The Morgan fingerprint density at radius 2 is 2.33 bits per heavy atom. The number of carboxylic acid groups (broad SMARTS) is 1. The van der Waals surface area contributed by atoms with E-state index in [1.165, 1.54) is 11.1 Å². The summed E-state index contributed by atoms with van der Waals surface area (Å²) in [4.78, 5) is 16.1. The average Bonchev–Trinajstić information content (AvgIpc) is 2.82. The van der Waals surface area contributed by atoms with Gasteiger partial charge in [0, 0.05) is 23.5 Å². The zero-order valence-corrected chi connectivity index (χ0v) is 10.8. The number of nitrogens with one attached hydrogen (secondary N) is 1. The van der Waals surface area contributed by atoms with Crippen molar-refractivity contribution in [1.29, 1.82) is 0 Å². The minimum absolute atomic E-state index is 0.200. The van der Waals surface area contributed by atoms with Crippen LogP contribution in [0.15, 0.2) is 35.8 Å². The third kappa shape index (κ3) is 3.30. The normalized spacial score (nSPS) is 12.1. The van der Waals surface area contributed by atoms with E-state index in [1.54, 1.807) is 23.5 Å². The topological polar surface area (TPSA) is 62.2 Å². The number of thiophene rings is 1. The van der Waals surface area contributed by atoms with Gasteiger partial charge in [0.05, 0.1) is 5.56 Å². The first-order chi connectivity index (χ1) is 8.65. The van der Waals surface area contributed by atoms with E-state index in [0.717, 1.165) is 6.42 Å². The first kappa shape index (κ1) is 12.6. The van der Waals surface area contributed by atoms with Crippen LogP contribution in [0.4, 0.5) is 5.82 Å². The van der Waals surface area contributed by atoms with E-state index >= 15 is 0 Å². The molecule has 0 aromatic carbocycles. The SMILES string of the molecule is CC(Cc1cccs1)Nc1ccc(C(=O)O)cn1. The molecule has 1 unspecified atom stereocenters. The zero-order chi connectivity index (χ0) is 13.0. The van der Waals surface area contributed by atoms with Gasteiger partial charge < -0.3 is 10.4 Å². The molecule has 1 atom stereocenters. The maximum Gasteiger partial charge on any atom is 0.337 e. The van der Waals surface area contributed by atoms with Crippen molar-refractivity contribution in [3.8, 4) is 0 Å². The number of aromatic nitrogens is 1. The molecule has 0 aliphatic rings. The molecule has 0 saturated carbocycles. The van der Waals surface area contributed by atoms with Crippen molar-refractivity contribution in [3.05, 3.63) is 46.3 Å². The minimum atomic E-state index is -0.958. The van der Waals surface area contributed by atoms with Crippen LogP contribution in [0.2, 0.25) is 0 Å². The number of carboxylic acids is 1. The van der Waals surface area contributed by atoms with Crippen molar-refractivity contribution in [3.63, 3.8) is 0 Å². The highest BCUT2D eigenvalue weighted by Gasteiger charge is 2.07. The van der Waals surface area contributed by atoms with Crippen molar-refractivity contribution < 1.29 is 9.90 Å². The standard InChI is InChI=1S/C13H14N2O2S/c1-9(7-11-3-2-6-18-11)15-12-5-4-10(8-14-12)13(16)17/h2-6,8-9H,7H2,1H3,(H,14,15)(H,16,17). The number of aromatic carboxylic acids is 1. The van der Waals surface area contributed by atoms with Gasteiger partial charge in [0.25, 0.3) is 0 Å². The van der Waals surface area contributed by atoms with Gasteiger partial charge in [-0.25, -0.2) is 9.78 Å². The van der Waals surface area contributed by atoms with Crippen LogP contribution in [0.3, 0.4) is 0 Å². The van der Waals surface area contributed by atoms with Crippen molar-refractivity contribution in [2.24, 2.45) is 0 Å². The van der Waals surface area contributed by atoms with Crippen molar-refractivity contribution in [2.45, 2.75) is 19.4 Å². The summed E-state index contributed by atoms with van der Waals surface area (Å²) < 4.78 is 0. The van der Waals surface area contributed by atoms with E-state index in [9.17, 15) is 4.79 Å². The zero-order valence-electron chi connectivity index (χ0n) is 9.96. The van der Waals surface area contributed by atoms with E-state index in [2.05, 4.69) is 28.7 Å². The van der Waals surface area contributed by atoms with E-state index < -0.39 is 5.97 Å². The predicted octanol–water partition coefficient (Wildman–Crippen LogP) is 2.88. The second kappa shape index (κ2) is 5.64. The average molecular weight is 262 g/mol. The molecular weight excluding hydrogens is 248 g/mol. The molecular formula is C13H14N2O2S. The third-order valence-electron chi connectivity index (χ3n) is 2.49. The van der Waals surface area contributed by atoms with E-state index in [1.807, 2.05) is 6.07 Å². The van der Waals surface area contributed by atoms with Gasteiger partial charge in [0.1, 0.15) is 5.82 Å². The smallest absolute Gasteiger partial charge is 0.337 e. The third-order valence-corrected chi connectivity index (χ3v) is 3.39. The van der Waals surface area contributed by atoms with Gasteiger partial charge in [-0.3, -0.25) is 0 Å². The van der Waals surface area contributed by atoms with Crippen molar-refractivity contribution in [2.75, 3.05) is 5.32 Å². The molecule has 0 aliphatic heterocycles. The summed E-state index contributed by atoms with van der Waals surface area (Å²) in [5, 5.41) is 14.1. The summed E-state index contributed by atoms with van der Waals surface area (Å²) in [7, 11) is 0. The van der Waals surface area contributed by atoms with E-state index in [-0.39, 0.29) is 11.6 Å². The molecule has 2 N–H and O–H groups in total. The number of nitrogens with zero attached hydrogens (tertiary/aromatic N) is 1. The first-order valence-electron chi connectivity index (χ1n) is 5.63. The van der Waals surface area contributed by atoms with E-state index in [4.69, 9.17) is 5.11 Å². The highest BCUT2D eigenvalue weighted by molar-refractivity contribution is 7.09. The number of anilines is 1. The molecule has 0 bridgehead atoms. The van der Waals surface area contributed by atoms with Crippen LogP contribution in [-0.4, -0.2) is 22.1 Å². The Kier molecular flexibility index (Phi) is 3.94. The fraction of sp³-hybridized carbons (Fsp3) is 0.231. The molecule has 18 heavy (non-hydrogen) atoms. The van der Waals surface area contributed by atoms with Crippen LogP contribution < -0.4 is 5.32 Å². The van der Waals surface area contributed by atoms with Gasteiger partial charge >= 0.3 is 5.97 Å². The molecule has 0 aliphatic carbocycles. The molecule has 0 spiro atoms. The Balaban J connectivity index is 1.94. The largest absolute Gasteiger partial charge is 0.478 e. The predicted molar refractivity (Wildman–Crippen MR) is 72.3 cm³/mol. The van der Waals surface area contributed by atoms with Crippen LogP contribution in [-0.2, 0) is 6.42 Å². The van der Waals surface area contributed by atoms with Crippen molar-refractivity contribution in [1.82, 2.24) is 4.98 Å². The molecule has 0 fully saturated rings. The molecule has 2 aromatic rings. The number of rotatable bonds is 5. The van der Waals surface area contributed by atoms with Crippen LogP contribution in [0.25, 0.3) is 0 Å². The summed E-state index contributed by atoms with van der Waals surface area (Å²) in [6, 6.07) is 7.63. The lowest BCUT2D eigenvalue weighted by molar-refractivity contribution is 0.0696. The summed E-state index contributed by atoms with van der Waals surface area (Å²) in [5.41, 5.74) is 0.200. The Morgan fingerprint density at radius 3 is 2.89 bits per heavy atom. The maximum atomic E-state index is 10.7. The molecule has 2 rings (SSSR count). The van der Waals surface area contributed by atoms with Gasteiger partial charge in [-0.15, -0.1) is 11.3 Å². The molecule has 94 valence electrons. The number of pyridine rings is 1. The van der Waals surface area contributed by atoms with Crippen LogP contribution in [0, 0.1) is 0 Å². The Hall–Kier alpha value is -1.88. The van der Waals surface area contributed by atoms with Gasteiger partial charge in [-0.1, -0.05) is 6.07 Å². The molecule has 2 heterocycles. The van der Waals surface area contributed by atoms with Gasteiger partial charge in [-0.2, -0.15) is 0 Å². The molecule has 0 radical (unpaired) electrons. The fourth-order valence-electron chi connectivity index (χ4n) is 1.64. The number of hydrogen-bond donors (Lipinski definition) is 2. The van der Waals surface area contributed by atoms with Crippen LogP contribution >= 0.6 is 11.3 Å². The highest BCUT2D eigenvalue weighted by atomic mass is 32.1. The first-order valence-corrected chi connectivity index (χ1v) is 6.51. The molecule has 0 amide bonds. The second-order valence-corrected chi connectivity index (χ2v) is 5.10. The van der Waals surface area contributed by atoms with Crippen LogP contribution in [0.1, 0.15) is 22.2 Å². The molecule has 0 saturated heterocycles. The summed E-state index contributed by atoms with van der Waals surface area (Å²) >= 11 is 1.73. The van der Waals surface area contributed by atoms with Crippen LogP contribution in [0.5, 0.6) is 0 Å². The Labute approximate surface area is 109 Å².